The molecule has 0 fully saturated rings. The molecular formula is C10H18N4O2S. The van der Waals surface area contributed by atoms with Gasteiger partial charge in [0.1, 0.15) is 5.82 Å². The summed E-state index contributed by atoms with van der Waals surface area (Å²) in [5, 5.41) is 3.18. The third kappa shape index (κ3) is 6.08. The van der Waals surface area contributed by atoms with Crippen molar-refractivity contribution in [2.75, 3.05) is 43.5 Å². The van der Waals surface area contributed by atoms with Crippen LogP contribution in [0.15, 0.2) is 18.3 Å². The van der Waals surface area contributed by atoms with E-state index in [0.29, 0.717) is 5.82 Å². The van der Waals surface area contributed by atoms with Gasteiger partial charge in [-0.3, -0.25) is 4.72 Å². The number of hydrogen-bond donors (Lipinski definition) is 2. The van der Waals surface area contributed by atoms with Crippen molar-refractivity contribution in [1.29, 1.82) is 0 Å². The molecule has 1 aromatic heterocycles. The first-order chi connectivity index (χ1) is 7.87. The Morgan fingerprint density at radius 3 is 2.53 bits per heavy atom. The van der Waals surface area contributed by atoms with Crippen LogP contribution in [0.1, 0.15) is 0 Å². The molecule has 2 N–H and O–H groups in total. The Morgan fingerprint density at radius 2 is 2.06 bits per heavy atom. The van der Waals surface area contributed by atoms with Crippen LogP contribution in [-0.4, -0.2) is 51.7 Å². The van der Waals surface area contributed by atoms with E-state index in [1.807, 2.05) is 14.1 Å². The highest BCUT2D eigenvalue weighted by atomic mass is 32.2. The molecule has 0 saturated heterocycles. The third-order valence-corrected chi connectivity index (χ3v) is 2.52. The maximum absolute atomic E-state index is 11.0. The van der Waals surface area contributed by atoms with Gasteiger partial charge in [0.25, 0.3) is 0 Å². The zero-order valence-corrected chi connectivity index (χ0v) is 11.1. The van der Waals surface area contributed by atoms with Crippen LogP contribution in [0.5, 0.6) is 0 Å². The molecule has 0 atom stereocenters. The summed E-state index contributed by atoms with van der Waals surface area (Å²) in [7, 11) is 0.740. The fraction of sp³-hybridized carbons (Fsp3) is 0.500. The van der Waals surface area contributed by atoms with Crippen molar-refractivity contribution < 1.29 is 8.42 Å². The summed E-state index contributed by atoms with van der Waals surface area (Å²) in [5.41, 5.74) is 0.867. The molecule has 0 aromatic carbocycles. The fourth-order valence-corrected chi connectivity index (χ4v) is 1.67. The Kier molecular flexibility index (Phi) is 4.71. The minimum Gasteiger partial charge on any atom is -0.383 e. The quantitative estimate of drug-likeness (QED) is 0.774. The lowest BCUT2D eigenvalue weighted by Gasteiger charge is -2.11. The van der Waals surface area contributed by atoms with Crippen LogP contribution in [0.2, 0.25) is 0 Å². The number of pyridine rings is 1. The highest BCUT2D eigenvalue weighted by Gasteiger charge is 2.02. The van der Waals surface area contributed by atoms with Gasteiger partial charge in [-0.2, -0.15) is 0 Å². The van der Waals surface area contributed by atoms with Crippen molar-refractivity contribution in [2.24, 2.45) is 0 Å². The van der Waals surface area contributed by atoms with E-state index >= 15 is 0 Å². The number of anilines is 2. The first-order valence-electron chi connectivity index (χ1n) is 5.19. The predicted molar refractivity (Wildman–Crippen MR) is 69.7 cm³/mol. The zero-order valence-electron chi connectivity index (χ0n) is 10.3. The maximum Gasteiger partial charge on any atom is 0.230 e. The van der Waals surface area contributed by atoms with E-state index in [-0.39, 0.29) is 0 Å². The highest BCUT2D eigenvalue weighted by molar-refractivity contribution is 7.92. The lowest BCUT2D eigenvalue weighted by atomic mass is 10.4. The van der Waals surface area contributed by atoms with E-state index in [2.05, 4.69) is 19.9 Å². The monoisotopic (exact) mass is 258 g/mol. The molecule has 1 heterocycles. The smallest absolute Gasteiger partial charge is 0.230 e. The van der Waals surface area contributed by atoms with Gasteiger partial charge in [-0.05, 0) is 26.2 Å². The minimum absolute atomic E-state index is 0.325. The van der Waals surface area contributed by atoms with Crippen LogP contribution < -0.4 is 10.0 Å². The SMILES string of the molecule is CN(C)CCNc1ccc(NS(C)(=O)=O)nc1. The predicted octanol–water partition coefficient (Wildman–Crippen LogP) is 0.427. The molecule has 96 valence electrons. The molecule has 1 rings (SSSR count). The van der Waals surface area contributed by atoms with Crippen LogP contribution in [0, 0.1) is 0 Å². The average Bonchev–Trinajstić information content (AvgIpc) is 2.18. The molecule has 17 heavy (non-hydrogen) atoms. The van der Waals surface area contributed by atoms with Gasteiger partial charge in [0, 0.05) is 13.1 Å². The summed E-state index contributed by atoms with van der Waals surface area (Å²) in [6.07, 6.45) is 2.70. The van der Waals surface area contributed by atoms with Crippen molar-refractivity contribution in [3.63, 3.8) is 0 Å². The maximum atomic E-state index is 11.0. The second-order valence-corrected chi connectivity index (χ2v) is 5.78. The molecule has 0 amide bonds. The molecule has 0 aliphatic rings. The molecule has 0 saturated carbocycles. The van der Waals surface area contributed by atoms with E-state index in [4.69, 9.17) is 0 Å². The second-order valence-electron chi connectivity index (χ2n) is 4.04. The Balaban J connectivity index is 2.50. The summed E-state index contributed by atoms with van der Waals surface area (Å²) in [4.78, 5) is 6.06. The lowest BCUT2D eigenvalue weighted by molar-refractivity contribution is 0.425. The van der Waals surface area contributed by atoms with Crippen molar-refractivity contribution in [3.05, 3.63) is 18.3 Å². The Labute approximate surface area is 102 Å². The van der Waals surface area contributed by atoms with Crippen LogP contribution >= 0.6 is 0 Å². The molecule has 7 heteroatoms. The largest absolute Gasteiger partial charge is 0.383 e. The van der Waals surface area contributed by atoms with Crippen molar-refractivity contribution in [1.82, 2.24) is 9.88 Å². The van der Waals surface area contributed by atoms with Gasteiger partial charge in [-0.25, -0.2) is 13.4 Å². The van der Waals surface area contributed by atoms with Gasteiger partial charge in [0.05, 0.1) is 18.1 Å². The van der Waals surface area contributed by atoms with Gasteiger partial charge in [-0.1, -0.05) is 0 Å². The van der Waals surface area contributed by atoms with Gasteiger partial charge in [0.15, 0.2) is 0 Å². The summed E-state index contributed by atoms with van der Waals surface area (Å²) < 4.78 is 24.2. The first-order valence-corrected chi connectivity index (χ1v) is 7.08. The van der Waals surface area contributed by atoms with Crippen LogP contribution in [-0.2, 0) is 10.0 Å². The molecule has 1 aromatic rings. The minimum atomic E-state index is -3.26. The van der Waals surface area contributed by atoms with Gasteiger partial charge < -0.3 is 10.2 Å². The average molecular weight is 258 g/mol. The number of rotatable bonds is 6. The molecule has 0 unspecified atom stereocenters. The van der Waals surface area contributed by atoms with Gasteiger partial charge in [-0.15, -0.1) is 0 Å². The Bertz CT molecular complexity index is 442. The Morgan fingerprint density at radius 1 is 1.35 bits per heavy atom. The Hall–Kier alpha value is -1.34. The van der Waals surface area contributed by atoms with Crippen molar-refractivity contribution >= 4 is 21.5 Å². The highest BCUT2D eigenvalue weighted by Crippen LogP contribution is 2.10. The van der Waals surface area contributed by atoms with E-state index in [1.165, 1.54) is 0 Å². The van der Waals surface area contributed by atoms with E-state index < -0.39 is 10.0 Å². The number of sulfonamides is 1. The van der Waals surface area contributed by atoms with Crippen molar-refractivity contribution in [2.45, 2.75) is 0 Å². The molecule has 0 spiro atoms. The first kappa shape index (κ1) is 13.7. The number of nitrogens with zero attached hydrogens (tertiary/aromatic N) is 2. The molecule has 0 bridgehead atoms. The zero-order chi connectivity index (χ0) is 12.9. The van der Waals surface area contributed by atoms with Crippen LogP contribution in [0.3, 0.4) is 0 Å². The van der Waals surface area contributed by atoms with Gasteiger partial charge in [0.2, 0.25) is 10.0 Å². The summed E-state index contributed by atoms with van der Waals surface area (Å²) in [6, 6.07) is 3.41. The summed E-state index contributed by atoms with van der Waals surface area (Å²) in [5.74, 6) is 0.325. The van der Waals surface area contributed by atoms with Crippen LogP contribution in [0.4, 0.5) is 11.5 Å². The molecule has 0 aliphatic carbocycles. The molecule has 6 nitrogen and oxygen atoms in total. The number of nitrogens with one attached hydrogen (secondary N) is 2. The van der Waals surface area contributed by atoms with E-state index in [0.717, 1.165) is 25.0 Å². The summed E-state index contributed by atoms with van der Waals surface area (Å²) in [6.45, 7) is 1.73. The number of hydrogen-bond acceptors (Lipinski definition) is 5. The standard InChI is InChI=1S/C10H18N4O2S/c1-14(2)7-6-11-9-4-5-10(12-8-9)13-17(3,15)16/h4-5,8,11H,6-7H2,1-3H3,(H,12,13). The van der Waals surface area contributed by atoms with Crippen LogP contribution in [0.25, 0.3) is 0 Å². The molecule has 0 aliphatic heterocycles. The second kappa shape index (κ2) is 5.83. The fourth-order valence-electron chi connectivity index (χ4n) is 1.17. The normalized spacial score (nSPS) is 11.5. The number of aromatic nitrogens is 1. The van der Waals surface area contributed by atoms with Crippen molar-refractivity contribution in [3.8, 4) is 0 Å². The number of likely N-dealkylation sites (N-methyl/N-ethyl adjacent to an activating group) is 1. The molecular weight excluding hydrogens is 240 g/mol. The lowest BCUT2D eigenvalue weighted by Crippen LogP contribution is -2.20. The van der Waals surface area contributed by atoms with E-state index in [1.54, 1.807) is 18.3 Å². The van der Waals surface area contributed by atoms with E-state index in [9.17, 15) is 8.42 Å². The van der Waals surface area contributed by atoms with Gasteiger partial charge >= 0.3 is 0 Å². The molecule has 0 radical (unpaired) electrons. The third-order valence-electron chi connectivity index (χ3n) is 1.94. The summed E-state index contributed by atoms with van der Waals surface area (Å²) >= 11 is 0. The topological polar surface area (TPSA) is 74.3 Å².